The Morgan fingerprint density at radius 1 is 1.43 bits per heavy atom. The molecule has 0 radical (unpaired) electrons. The molecular weight excluding hydrogens is 299 g/mol. The molecular formula is C14H16ClFN2O3. The van der Waals surface area contributed by atoms with Gasteiger partial charge in [0.1, 0.15) is 5.82 Å². The number of carbonyl (C=O) groups is 2. The van der Waals surface area contributed by atoms with Gasteiger partial charge in [-0.15, -0.1) is 0 Å². The number of hydrogen-bond donors (Lipinski definition) is 2. The number of anilines is 1. The van der Waals surface area contributed by atoms with E-state index in [0.717, 1.165) is 18.9 Å². The van der Waals surface area contributed by atoms with Crippen LogP contribution in [0.3, 0.4) is 0 Å². The van der Waals surface area contributed by atoms with E-state index in [1.165, 1.54) is 12.1 Å². The molecule has 2 unspecified atom stereocenters. The first kappa shape index (κ1) is 15.7. The summed E-state index contributed by atoms with van der Waals surface area (Å²) in [4.78, 5) is 23.5. The molecule has 21 heavy (non-hydrogen) atoms. The number of carbonyl (C=O) groups excluding carboxylic acids is 2. The summed E-state index contributed by atoms with van der Waals surface area (Å²) in [6.07, 6.45) is 1.69. The van der Waals surface area contributed by atoms with Gasteiger partial charge in [-0.3, -0.25) is 9.59 Å². The molecule has 2 N–H and O–H groups in total. The van der Waals surface area contributed by atoms with Crippen LogP contribution >= 0.6 is 11.6 Å². The van der Waals surface area contributed by atoms with E-state index in [1.807, 2.05) is 0 Å². The van der Waals surface area contributed by atoms with Crippen LogP contribution in [0.15, 0.2) is 18.2 Å². The molecule has 1 aromatic rings. The highest BCUT2D eigenvalue weighted by Gasteiger charge is 2.26. The van der Waals surface area contributed by atoms with Gasteiger partial charge in [0, 0.05) is 11.6 Å². The molecule has 2 rings (SSSR count). The molecule has 0 aromatic heterocycles. The highest BCUT2D eigenvalue weighted by atomic mass is 35.5. The van der Waals surface area contributed by atoms with E-state index in [2.05, 4.69) is 10.6 Å². The molecule has 5 nitrogen and oxygen atoms in total. The van der Waals surface area contributed by atoms with Crippen LogP contribution in [0.25, 0.3) is 0 Å². The summed E-state index contributed by atoms with van der Waals surface area (Å²) in [7, 11) is 0. The third kappa shape index (κ3) is 4.15. The van der Waals surface area contributed by atoms with Gasteiger partial charge >= 0.3 is 11.8 Å². The number of benzene rings is 1. The van der Waals surface area contributed by atoms with Gasteiger partial charge < -0.3 is 15.4 Å². The Morgan fingerprint density at radius 3 is 2.81 bits per heavy atom. The lowest BCUT2D eigenvalue weighted by Gasteiger charge is -2.19. The molecule has 0 bridgehead atoms. The Morgan fingerprint density at radius 2 is 2.19 bits per heavy atom. The van der Waals surface area contributed by atoms with Crippen molar-refractivity contribution in [2.45, 2.75) is 31.9 Å². The number of rotatable bonds is 3. The maximum absolute atomic E-state index is 13.5. The number of halogens is 2. The molecule has 114 valence electrons. The lowest BCUT2D eigenvalue weighted by molar-refractivity contribution is -0.137. The number of nitrogens with one attached hydrogen (secondary N) is 2. The predicted octanol–water partition coefficient (Wildman–Crippen LogP) is 2.10. The fourth-order valence-corrected chi connectivity index (χ4v) is 2.29. The zero-order chi connectivity index (χ0) is 15.4. The summed E-state index contributed by atoms with van der Waals surface area (Å²) in [5, 5.41) is 4.97. The van der Waals surface area contributed by atoms with E-state index in [0.29, 0.717) is 6.61 Å². The molecule has 1 fully saturated rings. The van der Waals surface area contributed by atoms with Crippen LogP contribution in [0.4, 0.5) is 10.1 Å². The molecule has 1 aliphatic rings. The Kier molecular flexibility index (Phi) is 5.14. The van der Waals surface area contributed by atoms with Crippen molar-refractivity contribution < 1.29 is 18.7 Å². The Hall–Kier alpha value is -1.66. The molecule has 0 saturated carbocycles. The molecule has 2 atom stereocenters. The smallest absolute Gasteiger partial charge is 0.313 e. The summed E-state index contributed by atoms with van der Waals surface area (Å²) >= 11 is 5.61. The lowest BCUT2D eigenvalue weighted by atomic mass is 10.1. The zero-order valence-corrected chi connectivity index (χ0v) is 12.2. The molecule has 0 spiro atoms. The Balaban J connectivity index is 1.91. The molecule has 1 aromatic carbocycles. The fourth-order valence-electron chi connectivity index (χ4n) is 2.13. The van der Waals surface area contributed by atoms with Crippen molar-refractivity contribution >= 4 is 29.1 Å². The minimum atomic E-state index is -0.930. The minimum absolute atomic E-state index is 0.0889. The SMILES string of the molecule is CC(NC(=O)C(=O)Nc1ccc(Cl)cc1F)C1CCCO1. The van der Waals surface area contributed by atoms with E-state index in [-0.39, 0.29) is 22.9 Å². The van der Waals surface area contributed by atoms with E-state index >= 15 is 0 Å². The van der Waals surface area contributed by atoms with Crippen LogP contribution in [0.1, 0.15) is 19.8 Å². The lowest BCUT2D eigenvalue weighted by Crippen LogP contribution is -2.45. The fraction of sp³-hybridized carbons (Fsp3) is 0.429. The maximum Gasteiger partial charge on any atom is 0.313 e. The van der Waals surface area contributed by atoms with Crippen molar-refractivity contribution in [2.75, 3.05) is 11.9 Å². The predicted molar refractivity (Wildman–Crippen MR) is 76.6 cm³/mol. The quantitative estimate of drug-likeness (QED) is 0.840. The summed E-state index contributed by atoms with van der Waals surface area (Å²) in [5.41, 5.74) is -0.0932. The van der Waals surface area contributed by atoms with Gasteiger partial charge in [0.25, 0.3) is 0 Å². The van der Waals surface area contributed by atoms with Gasteiger partial charge in [-0.05, 0) is 38.0 Å². The standard InChI is InChI=1S/C14H16ClFN2O3/c1-8(12-3-2-6-21-12)17-13(19)14(20)18-11-5-4-9(15)7-10(11)16/h4-5,7-8,12H,2-3,6H2,1H3,(H,17,19)(H,18,20). The molecule has 0 aliphatic carbocycles. The third-order valence-corrected chi connectivity index (χ3v) is 3.50. The second-order valence-corrected chi connectivity index (χ2v) is 5.33. The molecule has 1 saturated heterocycles. The van der Waals surface area contributed by atoms with Crippen molar-refractivity contribution in [3.05, 3.63) is 29.0 Å². The average Bonchev–Trinajstić information content (AvgIpc) is 2.95. The van der Waals surface area contributed by atoms with Crippen LogP contribution in [0.5, 0.6) is 0 Å². The first-order valence-corrected chi connectivity index (χ1v) is 7.03. The van der Waals surface area contributed by atoms with Crippen LogP contribution in [0.2, 0.25) is 5.02 Å². The number of amides is 2. The second-order valence-electron chi connectivity index (χ2n) is 4.89. The van der Waals surface area contributed by atoms with Crippen molar-refractivity contribution in [1.29, 1.82) is 0 Å². The van der Waals surface area contributed by atoms with E-state index < -0.39 is 17.6 Å². The molecule has 1 aliphatic heterocycles. The first-order valence-electron chi connectivity index (χ1n) is 6.66. The summed E-state index contributed by atoms with van der Waals surface area (Å²) in [5.74, 6) is -2.45. The topological polar surface area (TPSA) is 67.4 Å². The third-order valence-electron chi connectivity index (χ3n) is 3.27. The van der Waals surface area contributed by atoms with Gasteiger partial charge in [-0.2, -0.15) is 0 Å². The van der Waals surface area contributed by atoms with E-state index in [1.54, 1.807) is 6.92 Å². The monoisotopic (exact) mass is 314 g/mol. The van der Waals surface area contributed by atoms with Gasteiger partial charge in [0.05, 0.1) is 17.8 Å². The Bertz CT molecular complexity index is 547. The normalized spacial score (nSPS) is 19.1. The molecule has 2 amide bonds. The molecule has 1 heterocycles. The van der Waals surface area contributed by atoms with Crippen molar-refractivity contribution in [3.8, 4) is 0 Å². The number of hydrogen-bond acceptors (Lipinski definition) is 3. The van der Waals surface area contributed by atoms with Gasteiger partial charge in [-0.1, -0.05) is 11.6 Å². The van der Waals surface area contributed by atoms with Crippen LogP contribution in [-0.2, 0) is 14.3 Å². The van der Waals surface area contributed by atoms with E-state index in [9.17, 15) is 14.0 Å². The largest absolute Gasteiger partial charge is 0.376 e. The summed E-state index contributed by atoms with van der Waals surface area (Å²) in [6, 6.07) is 3.50. The maximum atomic E-state index is 13.5. The van der Waals surface area contributed by atoms with Crippen LogP contribution in [0, 0.1) is 5.82 Å². The van der Waals surface area contributed by atoms with Crippen molar-refractivity contribution in [3.63, 3.8) is 0 Å². The second kappa shape index (κ2) is 6.87. The van der Waals surface area contributed by atoms with Crippen LogP contribution in [-0.4, -0.2) is 30.6 Å². The molecule has 7 heteroatoms. The average molecular weight is 315 g/mol. The highest BCUT2D eigenvalue weighted by molar-refractivity contribution is 6.39. The Labute approximate surface area is 126 Å². The van der Waals surface area contributed by atoms with Gasteiger partial charge in [0.2, 0.25) is 0 Å². The van der Waals surface area contributed by atoms with Crippen molar-refractivity contribution in [2.24, 2.45) is 0 Å². The summed E-state index contributed by atoms with van der Waals surface area (Å²) < 4.78 is 19.0. The van der Waals surface area contributed by atoms with Gasteiger partial charge in [0.15, 0.2) is 0 Å². The van der Waals surface area contributed by atoms with Crippen LogP contribution < -0.4 is 10.6 Å². The van der Waals surface area contributed by atoms with E-state index in [4.69, 9.17) is 16.3 Å². The highest BCUT2D eigenvalue weighted by Crippen LogP contribution is 2.19. The minimum Gasteiger partial charge on any atom is -0.376 e. The number of ether oxygens (including phenoxy) is 1. The zero-order valence-electron chi connectivity index (χ0n) is 11.5. The van der Waals surface area contributed by atoms with Gasteiger partial charge in [-0.25, -0.2) is 4.39 Å². The summed E-state index contributed by atoms with van der Waals surface area (Å²) in [6.45, 7) is 2.43. The van der Waals surface area contributed by atoms with Crippen molar-refractivity contribution in [1.82, 2.24) is 5.32 Å². The first-order chi connectivity index (χ1) is 9.97.